The van der Waals surface area contributed by atoms with E-state index in [1.54, 1.807) is 24.3 Å². The zero-order chi connectivity index (χ0) is 21.6. The largest absolute Gasteiger partial charge is 0.322 e. The molecule has 4 atom stereocenters. The van der Waals surface area contributed by atoms with Gasteiger partial charge in [0.05, 0.1) is 17.5 Å². The maximum atomic E-state index is 13.0. The average Bonchev–Trinajstić information content (AvgIpc) is 2.91. The smallest absolute Gasteiger partial charge is 0.255 e. The third-order valence-corrected chi connectivity index (χ3v) is 8.49. The number of anilines is 2. The van der Waals surface area contributed by atoms with Gasteiger partial charge in [0.25, 0.3) is 5.91 Å². The molecule has 2 fully saturated rings. The second kappa shape index (κ2) is 8.27. The van der Waals surface area contributed by atoms with Gasteiger partial charge in [-0.05, 0) is 68.1 Å². The first-order valence-electron chi connectivity index (χ1n) is 9.90. The molecular weight excluding hydrogens is 512 g/mol. The molecule has 2 aromatic rings. The second-order valence-corrected chi connectivity index (χ2v) is 10.5. The molecule has 2 aromatic carbocycles. The van der Waals surface area contributed by atoms with Gasteiger partial charge in [0.1, 0.15) is 0 Å². The lowest BCUT2D eigenvalue weighted by atomic mass is 9.81. The van der Waals surface area contributed by atoms with E-state index in [4.69, 9.17) is 0 Å². The average molecular weight is 534 g/mol. The van der Waals surface area contributed by atoms with Crippen molar-refractivity contribution >= 4 is 61.0 Å². The van der Waals surface area contributed by atoms with Crippen LogP contribution in [0.25, 0.3) is 0 Å². The molecule has 0 aromatic heterocycles. The summed E-state index contributed by atoms with van der Waals surface area (Å²) in [4.78, 5) is 40.4. The molecule has 1 aliphatic carbocycles. The number of fused-ring (bicyclic) bond motifs is 1. The van der Waals surface area contributed by atoms with E-state index in [0.29, 0.717) is 29.8 Å². The van der Waals surface area contributed by atoms with Crippen molar-refractivity contribution in [3.63, 3.8) is 0 Å². The number of carbonyl (C=O) groups is 3. The standard InChI is InChI=1S/C23H22Br2N2O3/c1-12-6-13(2)8-15(7-12)26-21(28)14-4-3-5-16(9-14)27-22(29)17-10-19(24)20(25)11-18(17)23(27)30/h3-9,17-20H,10-11H2,1-2H3,(H,26,28)/t17-,18-,19-,20+/m1/s1. The van der Waals surface area contributed by atoms with E-state index in [2.05, 4.69) is 37.2 Å². The highest BCUT2D eigenvalue weighted by molar-refractivity contribution is 9.12. The lowest BCUT2D eigenvalue weighted by Crippen LogP contribution is -2.34. The third-order valence-electron chi connectivity index (χ3n) is 5.76. The van der Waals surface area contributed by atoms with E-state index in [1.165, 1.54) is 4.90 Å². The fourth-order valence-electron chi connectivity index (χ4n) is 4.39. The fraction of sp³-hybridized carbons (Fsp3) is 0.348. The zero-order valence-corrected chi connectivity index (χ0v) is 19.9. The summed E-state index contributed by atoms with van der Waals surface area (Å²) in [5.41, 5.74) is 3.69. The molecule has 1 saturated heterocycles. The van der Waals surface area contributed by atoms with Crippen LogP contribution in [0.1, 0.15) is 34.3 Å². The Bertz CT molecular complexity index is 991. The number of halogens is 2. The highest BCUT2D eigenvalue weighted by atomic mass is 79.9. The Labute approximate surface area is 192 Å². The van der Waals surface area contributed by atoms with Crippen molar-refractivity contribution < 1.29 is 14.4 Å². The number of aryl methyl sites for hydroxylation is 2. The summed E-state index contributed by atoms with van der Waals surface area (Å²) < 4.78 is 0. The lowest BCUT2D eigenvalue weighted by Gasteiger charge is -2.29. The number of imide groups is 1. The van der Waals surface area contributed by atoms with Gasteiger partial charge < -0.3 is 5.32 Å². The van der Waals surface area contributed by atoms with Crippen LogP contribution in [0, 0.1) is 25.7 Å². The minimum atomic E-state index is -0.316. The lowest BCUT2D eigenvalue weighted by molar-refractivity contribution is -0.122. The van der Waals surface area contributed by atoms with Crippen LogP contribution >= 0.6 is 31.9 Å². The number of benzene rings is 2. The van der Waals surface area contributed by atoms with Crippen molar-refractivity contribution in [2.75, 3.05) is 10.2 Å². The van der Waals surface area contributed by atoms with Crippen LogP contribution < -0.4 is 10.2 Å². The van der Waals surface area contributed by atoms with Crippen molar-refractivity contribution in [1.29, 1.82) is 0 Å². The number of rotatable bonds is 3. The van der Waals surface area contributed by atoms with Gasteiger partial charge in [0, 0.05) is 20.9 Å². The molecule has 0 bridgehead atoms. The van der Waals surface area contributed by atoms with Crippen molar-refractivity contribution in [1.82, 2.24) is 0 Å². The molecule has 2 aliphatic rings. The fourth-order valence-corrected chi connectivity index (χ4v) is 5.62. The van der Waals surface area contributed by atoms with Gasteiger partial charge in [-0.3, -0.25) is 19.3 Å². The molecule has 1 heterocycles. The second-order valence-electron chi connectivity index (χ2n) is 8.11. The molecule has 1 saturated carbocycles. The minimum Gasteiger partial charge on any atom is -0.322 e. The number of nitrogens with one attached hydrogen (secondary N) is 1. The van der Waals surface area contributed by atoms with Crippen LogP contribution in [0.4, 0.5) is 11.4 Å². The molecule has 0 unspecified atom stereocenters. The molecule has 1 N–H and O–H groups in total. The van der Waals surface area contributed by atoms with Crippen LogP contribution in [0.2, 0.25) is 0 Å². The summed E-state index contributed by atoms with van der Waals surface area (Å²) in [6.07, 6.45) is 1.24. The van der Waals surface area contributed by atoms with E-state index < -0.39 is 0 Å². The molecule has 0 radical (unpaired) electrons. The number of nitrogens with zero attached hydrogens (tertiary/aromatic N) is 1. The predicted octanol–water partition coefficient (Wildman–Crippen LogP) is 4.98. The summed E-state index contributed by atoms with van der Waals surface area (Å²) in [6.45, 7) is 3.95. The van der Waals surface area contributed by atoms with Gasteiger partial charge in [0.2, 0.25) is 11.8 Å². The van der Waals surface area contributed by atoms with E-state index in [9.17, 15) is 14.4 Å². The van der Waals surface area contributed by atoms with Gasteiger partial charge in [-0.2, -0.15) is 0 Å². The molecule has 7 heteroatoms. The Morgan fingerprint density at radius 3 is 2.07 bits per heavy atom. The van der Waals surface area contributed by atoms with Gasteiger partial charge in [0.15, 0.2) is 0 Å². The van der Waals surface area contributed by atoms with Crippen molar-refractivity contribution in [3.8, 4) is 0 Å². The Hall–Kier alpha value is -1.99. The topological polar surface area (TPSA) is 66.5 Å². The minimum absolute atomic E-state index is 0.158. The molecule has 0 spiro atoms. The molecule has 156 valence electrons. The number of hydrogen-bond donors (Lipinski definition) is 1. The predicted molar refractivity (Wildman–Crippen MR) is 124 cm³/mol. The Balaban J connectivity index is 1.58. The van der Waals surface area contributed by atoms with E-state index in [-0.39, 0.29) is 39.2 Å². The SMILES string of the molecule is Cc1cc(C)cc(NC(=O)c2cccc(N3C(=O)[C@@H]4C[C@@H](Br)[C@@H](Br)C[C@H]4C3=O)c2)c1. The normalized spacial score (nSPS) is 25.9. The highest BCUT2D eigenvalue weighted by Crippen LogP contribution is 2.44. The number of carbonyl (C=O) groups excluding carboxylic acids is 3. The van der Waals surface area contributed by atoms with Crippen LogP contribution in [0.15, 0.2) is 42.5 Å². The third kappa shape index (κ3) is 3.97. The van der Waals surface area contributed by atoms with Gasteiger partial charge in [-0.25, -0.2) is 0 Å². The number of amides is 3. The molecule has 1 aliphatic heterocycles. The summed E-state index contributed by atoms with van der Waals surface area (Å²) in [7, 11) is 0. The first-order chi connectivity index (χ1) is 14.2. The van der Waals surface area contributed by atoms with E-state index >= 15 is 0 Å². The quantitative estimate of drug-likeness (QED) is 0.447. The maximum Gasteiger partial charge on any atom is 0.255 e. The monoisotopic (exact) mass is 532 g/mol. The summed E-state index contributed by atoms with van der Waals surface area (Å²) >= 11 is 7.21. The van der Waals surface area contributed by atoms with E-state index in [0.717, 1.165) is 11.1 Å². The first kappa shape index (κ1) is 21.2. The van der Waals surface area contributed by atoms with E-state index in [1.807, 2.05) is 32.0 Å². The number of hydrogen-bond acceptors (Lipinski definition) is 3. The first-order valence-corrected chi connectivity index (χ1v) is 11.7. The van der Waals surface area contributed by atoms with Crippen molar-refractivity contribution in [2.24, 2.45) is 11.8 Å². The number of alkyl halides is 2. The van der Waals surface area contributed by atoms with Crippen molar-refractivity contribution in [2.45, 2.75) is 36.3 Å². The maximum absolute atomic E-state index is 13.0. The summed E-state index contributed by atoms with van der Waals surface area (Å²) in [5.74, 6) is -1.27. The Kier molecular flexibility index (Phi) is 5.86. The molecular formula is C23H22Br2N2O3. The molecule has 5 nitrogen and oxygen atoms in total. The van der Waals surface area contributed by atoms with Crippen LogP contribution in [-0.2, 0) is 9.59 Å². The Morgan fingerprint density at radius 2 is 1.50 bits per heavy atom. The summed E-state index contributed by atoms with van der Waals surface area (Å²) in [5, 5.41) is 2.90. The molecule has 3 amide bonds. The highest BCUT2D eigenvalue weighted by Gasteiger charge is 2.52. The van der Waals surface area contributed by atoms with Crippen LogP contribution in [0.3, 0.4) is 0 Å². The van der Waals surface area contributed by atoms with Gasteiger partial charge in [-0.15, -0.1) is 0 Å². The Morgan fingerprint density at radius 1 is 0.933 bits per heavy atom. The molecule has 30 heavy (non-hydrogen) atoms. The summed E-state index contributed by atoms with van der Waals surface area (Å²) in [6, 6.07) is 12.5. The molecule has 4 rings (SSSR count). The van der Waals surface area contributed by atoms with Gasteiger partial charge in [-0.1, -0.05) is 44.0 Å². The van der Waals surface area contributed by atoms with Crippen LogP contribution in [-0.4, -0.2) is 27.4 Å². The van der Waals surface area contributed by atoms with Gasteiger partial charge >= 0.3 is 0 Å². The van der Waals surface area contributed by atoms with Crippen LogP contribution in [0.5, 0.6) is 0 Å². The van der Waals surface area contributed by atoms with Crippen molar-refractivity contribution in [3.05, 3.63) is 59.2 Å². The zero-order valence-electron chi connectivity index (χ0n) is 16.7.